The molecule has 5 heteroatoms. The minimum absolute atomic E-state index is 0.624. The van der Waals surface area contributed by atoms with Crippen molar-refractivity contribution in [2.75, 3.05) is 5.73 Å². The predicted molar refractivity (Wildman–Crippen MR) is 84.5 cm³/mol. The first-order valence-corrected chi connectivity index (χ1v) is 8.76. The van der Waals surface area contributed by atoms with Crippen LogP contribution in [0.4, 0.5) is 5.82 Å². The fourth-order valence-corrected chi connectivity index (χ4v) is 4.81. The number of nitrogens with two attached hydrogens (primary N) is 1. The van der Waals surface area contributed by atoms with E-state index in [-0.39, 0.29) is 0 Å². The molecule has 2 N–H and O–H groups in total. The second kappa shape index (κ2) is 5.67. The van der Waals surface area contributed by atoms with Crippen LogP contribution in [0, 0.1) is 5.92 Å². The van der Waals surface area contributed by atoms with Gasteiger partial charge in [0.05, 0.1) is 11.1 Å². The lowest BCUT2D eigenvalue weighted by Gasteiger charge is -2.25. The van der Waals surface area contributed by atoms with Gasteiger partial charge in [0.15, 0.2) is 0 Å². The Morgan fingerprint density at radius 3 is 3.16 bits per heavy atom. The number of nitrogen functional groups attached to an aromatic ring is 1. The lowest BCUT2D eigenvalue weighted by Crippen LogP contribution is -2.15. The van der Waals surface area contributed by atoms with Gasteiger partial charge in [-0.2, -0.15) is 11.8 Å². The standard InChI is InChI=1S/C14H19N3S2/c1-9-3-2-4-10(7-9)19-8-12-16-13(15)11-5-6-18-14(11)17-12/h5-6,9-10H,2-4,7-8H2,1H3,(H2,15,16,17). The minimum atomic E-state index is 0.624. The van der Waals surface area contributed by atoms with Gasteiger partial charge in [-0.3, -0.25) is 0 Å². The fraction of sp³-hybridized carbons (Fsp3) is 0.571. The summed E-state index contributed by atoms with van der Waals surface area (Å²) in [7, 11) is 0. The van der Waals surface area contributed by atoms with Crippen molar-refractivity contribution >= 4 is 39.1 Å². The first-order chi connectivity index (χ1) is 9.22. The molecule has 2 atom stereocenters. The molecule has 3 rings (SSSR count). The molecule has 102 valence electrons. The molecule has 2 heterocycles. The van der Waals surface area contributed by atoms with Crippen LogP contribution in [-0.2, 0) is 5.75 Å². The van der Waals surface area contributed by atoms with Crippen molar-refractivity contribution in [1.82, 2.24) is 9.97 Å². The Bertz CT molecular complexity index is 567. The number of hydrogen-bond donors (Lipinski definition) is 1. The average Bonchev–Trinajstić information content (AvgIpc) is 2.85. The maximum atomic E-state index is 5.98. The zero-order valence-corrected chi connectivity index (χ0v) is 12.8. The quantitative estimate of drug-likeness (QED) is 0.926. The summed E-state index contributed by atoms with van der Waals surface area (Å²) in [5.74, 6) is 3.27. The monoisotopic (exact) mass is 293 g/mol. The van der Waals surface area contributed by atoms with Crippen LogP contribution in [0.25, 0.3) is 10.2 Å². The average molecular weight is 293 g/mol. The summed E-state index contributed by atoms with van der Waals surface area (Å²) < 4.78 is 0. The van der Waals surface area contributed by atoms with Gasteiger partial charge in [0.1, 0.15) is 16.5 Å². The number of thioether (sulfide) groups is 1. The number of anilines is 1. The van der Waals surface area contributed by atoms with Gasteiger partial charge in [0.25, 0.3) is 0 Å². The molecule has 2 aromatic rings. The van der Waals surface area contributed by atoms with Crippen molar-refractivity contribution in [2.24, 2.45) is 5.92 Å². The SMILES string of the molecule is CC1CCCC(SCc2nc(N)c3ccsc3n2)C1. The molecule has 0 spiro atoms. The third kappa shape index (κ3) is 3.03. The van der Waals surface area contributed by atoms with Crippen molar-refractivity contribution in [3.8, 4) is 0 Å². The molecule has 1 aliphatic rings. The Hall–Kier alpha value is -0.810. The third-order valence-electron chi connectivity index (χ3n) is 3.74. The van der Waals surface area contributed by atoms with Crippen LogP contribution < -0.4 is 5.73 Å². The molecule has 0 saturated heterocycles. The number of aromatic nitrogens is 2. The highest BCUT2D eigenvalue weighted by Crippen LogP contribution is 2.33. The second-order valence-corrected chi connectivity index (χ2v) is 7.55. The fourth-order valence-electron chi connectivity index (χ4n) is 2.71. The van der Waals surface area contributed by atoms with E-state index < -0.39 is 0 Å². The predicted octanol–water partition coefficient (Wildman–Crippen LogP) is 4.09. The molecule has 2 unspecified atom stereocenters. The van der Waals surface area contributed by atoms with Crippen molar-refractivity contribution in [1.29, 1.82) is 0 Å². The normalized spacial score (nSPS) is 23.8. The molecule has 0 amide bonds. The summed E-state index contributed by atoms with van der Waals surface area (Å²) >= 11 is 3.64. The minimum Gasteiger partial charge on any atom is -0.383 e. The molecule has 0 aliphatic heterocycles. The highest BCUT2D eigenvalue weighted by Gasteiger charge is 2.19. The molecule has 3 nitrogen and oxygen atoms in total. The summed E-state index contributed by atoms with van der Waals surface area (Å²) in [5, 5.41) is 3.78. The van der Waals surface area contributed by atoms with E-state index in [1.54, 1.807) is 11.3 Å². The van der Waals surface area contributed by atoms with Gasteiger partial charge in [0, 0.05) is 5.25 Å². The summed E-state index contributed by atoms with van der Waals surface area (Å²) in [6.07, 6.45) is 5.43. The van der Waals surface area contributed by atoms with Gasteiger partial charge in [-0.1, -0.05) is 19.8 Å². The number of rotatable bonds is 3. The van der Waals surface area contributed by atoms with Crippen LogP contribution in [0.1, 0.15) is 38.4 Å². The zero-order valence-electron chi connectivity index (χ0n) is 11.1. The Kier molecular flexibility index (Phi) is 3.93. The van der Waals surface area contributed by atoms with Gasteiger partial charge in [-0.15, -0.1) is 11.3 Å². The Morgan fingerprint density at radius 1 is 1.42 bits per heavy atom. The van der Waals surface area contributed by atoms with Gasteiger partial charge < -0.3 is 5.73 Å². The van der Waals surface area contributed by atoms with Crippen molar-refractivity contribution in [3.05, 3.63) is 17.3 Å². The molecule has 1 aliphatic carbocycles. The summed E-state index contributed by atoms with van der Waals surface area (Å²) in [5.41, 5.74) is 5.98. The van der Waals surface area contributed by atoms with Crippen molar-refractivity contribution in [3.63, 3.8) is 0 Å². The van der Waals surface area contributed by atoms with Crippen LogP contribution in [-0.4, -0.2) is 15.2 Å². The van der Waals surface area contributed by atoms with Crippen LogP contribution >= 0.6 is 23.1 Å². The van der Waals surface area contributed by atoms with Gasteiger partial charge in [0.2, 0.25) is 0 Å². The molecular weight excluding hydrogens is 274 g/mol. The first-order valence-electron chi connectivity index (χ1n) is 6.83. The van der Waals surface area contributed by atoms with Gasteiger partial charge in [-0.05, 0) is 30.2 Å². The van der Waals surface area contributed by atoms with E-state index in [1.165, 1.54) is 25.7 Å². The lowest BCUT2D eigenvalue weighted by molar-refractivity contribution is 0.394. The molecule has 19 heavy (non-hydrogen) atoms. The number of fused-ring (bicyclic) bond motifs is 1. The van der Waals surface area contributed by atoms with Crippen LogP contribution in [0.2, 0.25) is 0 Å². The molecule has 0 radical (unpaired) electrons. The highest BCUT2D eigenvalue weighted by atomic mass is 32.2. The van der Waals surface area contributed by atoms with E-state index in [9.17, 15) is 0 Å². The second-order valence-electron chi connectivity index (χ2n) is 5.37. The molecule has 1 fully saturated rings. The van der Waals surface area contributed by atoms with Crippen LogP contribution in [0.3, 0.4) is 0 Å². The zero-order chi connectivity index (χ0) is 13.2. The number of hydrogen-bond acceptors (Lipinski definition) is 5. The largest absolute Gasteiger partial charge is 0.383 e. The summed E-state index contributed by atoms with van der Waals surface area (Å²) in [4.78, 5) is 10.0. The maximum Gasteiger partial charge on any atom is 0.142 e. The molecule has 0 aromatic carbocycles. The molecule has 2 aromatic heterocycles. The van der Waals surface area contributed by atoms with E-state index >= 15 is 0 Å². The molecule has 1 saturated carbocycles. The van der Waals surface area contributed by atoms with E-state index in [1.807, 2.05) is 23.2 Å². The first kappa shape index (κ1) is 13.2. The van der Waals surface area contributed by atoms with E-state index in [0.29, 0.717) is 5.82 Å². The van der Waals surface area contributed by atoms with Crippen molar-refractivity contribution < 1.29 is 0 Å². The number of thiophene rings is 1. The maximum absolute atomic E-state index is 5.98. The van der Waals surface area contributed by atoms with Crippen LogP contribution in [0.15, 0.2) is 11.4 Å². The smallest absolute Gasteiger partial charge is 0.142 e. The molecule has 0 bridgehead atoms. The lowest BCUT2D eigenvalue weighted by atomic mass is 9.91. The van der Waals surface area contributed by atoms with Gasteiger partial charge in [-0.25, -0.2) is 9.97 Å². The molecular formula is C14H19N3S2. The summed E-state index contributed by atoms with van der Waals surface area (Å²) in [6, 6.07) is 2.00. The highest BCUT2D eigenvalue weighted by molar-refractivity contribution is 7.99. The van der Waals surface area contributed by atoms with E-state index in [0.717, 1.165) is 33.0 Å². The Balaban J connectivity index is 1.67. The summed E-state index contributed by atoms with van der Waals surface area (Å²) in [6.45, 7) is 2.36. The van der Waals surface area contributed by atoms with Crippen molar-refractivity contribution in [2.45, 2.75) is 43.6 Å². The van der Waals surface area contributed by atoms with E-state index in [4.69, 9.17) is 5.73 Å². The Morgan fingerprint density at radius 2 is 2.32 bits per heavy atom. The third-order valence-corrected chi connectivity index (χ3v) is 5.87. The van der Waals surface area contributed by atoms with Crippen LogP contribution in [0.5, 0.6) is 0 Å². The Labute approximate surface area is 122 Å². The van der Waals surface area contributed by atoms with Gasteiger partial charge >= 0.3 is 0 Å². The topological polar surface area (TPSA) is 51.8 Å². The number of nitrogens with zero attached hydrogens (tertiary/aromatic N) is 2. The van der Waals surface area contributed by atoms with E-state index in [2.05, 4.69) is 16.9 Å².